The van der Waals surface area contributed by atoms with Crippen molar-refractivity contribution in [2.75, 3.05) is 6.54 Å². The molecule has 1 amide bonds. The standard InChI is InChI=1S/C28H25Cl3FN3O2/c1-3-5-14-34(27(36)19-12-10-17(29)15-21(19)30)25(4-2)26-33-24-9-7-6-8-20(24)28(37)35(26)18-11-13-23(32)22(31)16-18/h6-13,15-16,25H,3-5,14H2,1-2H3. The summed E-state index contributed by atoms with van der Waals surface area (Å²) in [6, 6.07) is 15.2. The lowest BCUT2D eigenvalue weighted by Gasteiger charge is -2.32. The van der Waals surface area contributed by atoms with Gasteiger partial charge in [-0.15, -0.1) is 0 Å². The first kappa shape index (κ1) is 27.1. The van der Waals surface area contributed by atoms with Crippen LogP contribution in [0.1, 0.15) is 55.3 Å². The van der Waals surface area contributed by atoms with E-state index in [9.17, 15) is 14.0 Å². The van der Waals surface area contributed by atoms with Crippen LogP contribution in [0, 0.1) is 5.82 Å². The Balaban J connectivity index is 1.96. The van der Waals surface area contributed by atoms with E-state index in [2.05, 4.69) is 0 Å². The second-order valence-electron chi connectivity index (χ2n) is 8.63. The van der Waals surface area contributed by atoms with Crippen molar-refractivity contribution in [1.82, 2.24) is 14.5 Å². The van der Waals surface area contributed by atoms with Gasteiger partial charge in [-0.3, -0.25) is 14.2 Å². The number of hydrogen-bond acceptors (Lipinski definition) is 3. The summed E-state index contributed by atoms with van der Waals surface area (Å²) >= 11 is 18.6. The van der Waals surface area contributed by atoms with Crippen LogP contribution in [0.25, 0.3) is 16.6 Å². The second-order valence-corrected chi connectivity index (χ2v) is 9.88. The van der Waals surface area contributed by atoms with Crippen molar-refractivity contribution < 1.29 is 9.18 Å². The van der Waals surface area contributed by atoms with Crippen LogP contribution >= 0.6 is 34.8 Å². The van der Waals surface area contributed by atoms with Gasteiger partial charge in [-0.1, -0.05) is 67.2 Å². The molecule has 9 heteroatoms. The van der Waals surface area contributed by atoms with Crippen LogP contribution < -0.4 is 5.56 Å². The van der Waals surface area contributed by atoms with E-state index in [1.165, 1.54) is 28.8 Å². The highest BCUT2D eigenvalue weighted by Crippen LogP contribution is 2.31. The fourth-order valence-corrected chi connectivity index (χ4v) is 5.00. The fourth-order valence-electron chi connectivity index (χ4n) is 4.33. The number of halogens is 4. The normalized spacial score (nSPS) is 12.1. The average Bonchev–Trinajstić information content (AvgIpc) is 2.88. The van der Waals surface area contributed by atoms with Gasteiger partial charge >= 0.3 is 0 Å². The number of aromatic nitrogens is 2. The van der Waals surface area contributed by atoms with E-state index in [0.29, 0.717) is 46.0 Å². The van der Waals surface area contributed by atoms with Crippen molar-refractivity contribution in [3.05, 3.63) is 103 Å². The van der Waals surface area contributed by atoms with Gasteiger partial charge in [0.25, 0.3) is 11.5 Å². The monoisotopic (exact) mass is 559 g/mol. The molecule has 0 aliphatic heterocycles. The lowest BCUT2D eigenvalue weighted by Crippen LogP contribution is -2.39. The van der Waals surface area contributed by atoms with Gasteiger partial charge in [0.1, 0.15) is 11.6 Å². The number of rotatable bonds is 8. The lowest BCUT2D eigenvalue weighted by atomic mass is 10.1. The molecule has 5 nitrogen and oxygen atoms in total. The Hall–Kier alpha value is -2.93. The maximum atomic E-state index is 14.0. The molecular formula is C28H25Cl3FN3O2. The quantitative estimate of drug-likeness (QED) is 0.220. The number of nitrogens with zero attached hydrogens (tertiary/aromatic N) is 3. The molecule has 37 heavy (non-hydrogen) atoms. The zero-order chi connectivity index (χ0) is 26.7. The fraction of sp³-hybridized carbons (Fsp3) is 0.250. The lowest BCUT2D eigenvalue weighted by molar-refractivity contribution is 0.0656. The molecule has 0 N–H and O–H groups in total. The zero-order valence-corrected chi connectivity index (χ0v) is 22.6. The Morgan fingerprint density at radius 3 is 2.46 bits per heavy atom. The van der Waals surface area contributed by atoms with Gasteiger partial charge in [0.15, 0.2) is 0 Å². The first-order valence-electron chi connectivity index (χ1n) is 12.0. The van der Waals surface area contributed by atoms with E-state index in [-0.39, 0.29) is 21.5 Å². The largest absolute Gasteiger partial charge is 0.328 e. The summed E-state index contributed by atoms with van der Waals surface area (Å²) in [6.45, 7) is 4.37. The van der Waals surface area contributed by atoms with Gasteiger partial charge in [0.2, 0.25) is 0 Å². The summed E-state index contributed by atoms with van der Waals surface area (Å²) in [6.07, 6.45) is 2.04. The molecule has 1 unspecified atom stereocenters. The van der Waals surface area contributed by atoms with E-state index in [0.717, 1.165) is 12.8 Å². The summed E-state index contributed by atoms with van der Waals surface area (Å²) in [4.78, 5) is 34.2. The zero-order valence-electron chi connectivity index (χ0n) is 20.3. The molecule has 0 radical (unpaired) electrons. The van der Waals surface area contributed by atoms with Gasteiger partial charge < -0.3 is 4.90 Å². The molecule has 0 saturated heterocycles. The van der Waals surface area contributed by atoms with Gasteiger partial charge in [-0.05, 0) is 61.4 Å². The Morgan fingerprint density at radius 2 is 1.78 bits per heavy atom. The van der Waals surface area contributed by atoms with Crippen molar-refractivity contribution >= 4 is 51.6 Å². The molecule has 0 fully saturated rings. The second kappa shape index (κ2) is 11.6. The van der Waals surface area contributed by atoms with Gasteiger partial charge in [-0.2, -0.15) is 0 Å². The molecule has 0 spiro atoms. The number of carbonyl (C=O) groups excluding carboxylic acids is 1. The number of para-hydroxylation sites is 1. The van der Waals surface area contributed by atoms with E-state index >= 15 is 0 Å². The topological polar surface area (TPSA) is 55.2 Å². The first-order valence-corrected chi connectivity index (χ1v) is 13.1. The van der Waals surface area contributed by atoms with Crippen LogP contribution in [-0.4, -0.2) is 26.9 Å². The number of fused-ring (bicyclic) bond motifs is 1. The number of amides is 1. The van der Waals surface area contributed by atoms with Crippen LogP contribution in [-0.2, 0) is 0 Å². The highest BCUT2D eigenvalue weighted by Gasteiger charge is 2.30. The molecule has 1 aromatic heterocycles. The van der Waals surface area contributed by atoms with Crippen molar-refractivity contribution in [2.24, 2.45) is 0 Å². The highest BCUT2D eigenvalue weighted by atomic mass is 35.5. The Labute approximate surface area is 229 Å². The molecule has 1 atom stereocenters. The molecule has 4 aromatic rings. The van der Waals surface area contributed by atoms with E-state index in [4.69, 9.17) is 39.8 Å². The molecule has 0 saturated carbocycles. The minimum Gasteiger partial charge on any atom is -0.328 e. The van der Waals surface area contributed by atoms with Crippen LogP contribution in [0.2, 0.25) is 15.1 Å². The summed E-state index contributed by atoms with van der Waals surface area (Å²) in [5.41, 5.74) is 0.822. The minimum absolute atomic E-state index is 0.122. The average molecular weight is 561 g/mol. The summed E-state index contributed by atoms with van der Waals surface area (Å²) in [7, 11) is 0. The van der Waals surface area contributed by atoms with Gasteiger partial charge in [-0.25, -0.2) is 9.37 Å². The third kappa shape index (κ3) is 5.52. The molecule has 0 aliphatic carbocycles. The maximum Gasteiger partial charge on any atom is 0.266 e. The minimum atomic E-state index is -0.599. The van der Waals surface area contributed by atoms with E-state index < -0.39 is 11.9 Å². The van der Waals surface area contributed by atoms with Crippen molar-refractivity contribution in [2.45, 2.75) is 39.2 Å². The third-order valence-corrected chi connectivity index (χ3v) is 7.04. The summed E-state index contributed by atoms with van der Waals surface area (Å²) in [5, 5.41) is 0.937. The number of hydrogen-bond donors (Lipinski definition) is 0. The molecular weight excluding hydrogens is 536 g/mol. The first-order chi connectivity index (χ1) is 17.8. The molecule has 192 valence electrons. The van der Waals surface area contributed by atoms with Crippen LogP contribution in [0.3, 0.4) is 0 Å². The van der Waals surface area contributed by atoms with Gasteiger partial charge in [0, 0.05) is 11.6 Å². The van der Waals surface area contributed by atoms with Crippen LogP contribution in [0.5, 0.6) is 0 Å². The maximum absolute atomic E-state index is 14.0. The smallest absolute Gasteiger partial charge is 0.266 e. The number of unbranched alkanes of at least 4 members (excludes halogenated alkanes) is 1. The van der Waals surface area contributed by atoms with Gasteiger partial charge in [0.05, 0.1) is 38.2 Å². The molecule has 0 aliphatic rings. The third-order valence-electron chi connectivity index (χ3n) is 6.20. The van der Waals surface area contributed by atoms with Crippen molar-refractivity contribution in [3.8, 4) is 5.69 Å². The van der Waals surface area contributed by atoms with E-state index in [1.807, 2.05) is 13.8 Å². The Kier molecular flexibility index (Phi) is 8.53. The van der Waals surface area contributed by atoms with Crippen molar-refractivity contribution in [3.63, 3.8) is 0 Å². The number of carbonyl (C=O) groups is 1. The van der Waals surface area contributed by atoms with Crippen LogP contribution in [0.4, 0.5) is 4.39 Å². The van der Waals surface area contributed by atoms with Crippen molar-refractivity contribution in [1.29, 1.82) is 0 Å². The summed E-state index contributed by atoms with van der Waals surface area (Å²) < 4.78 is 15.4. The Bertz CT molecular complexity index is 1520. The Morgan fingerprint density at radius 1 is 1.03 bits per heavy atom. The molecule has 4 rings (SSSR count). The predicted octanol–water partition coefficient (Wildman–Crippen LogP) is 7.88. The SMILES string of the molecule is CCCCN(C(=O)c1ccc(Cl)cc1Cl)C(CC)c1nc2ccccc2c(=O)n1-c1ccc(F)c(Cl)c1. The molecule has 0 bridgehead atoms. The predicted molar refractivity (Wildman–Crippen MR) is 148 cm³/mol. The summed E-state index contributed by atoms with van der Waals surface area (Å²) in [5.74, 6) is -0.547. The number of benzene rings is 3. The van der Waals surface area contributed by atoms with E-state index in [1.54, 1.807) is 41.3 Å². The molecule has 1 heterocycles. The molecule has 3 aromatic carbocycles. The highest BCUT2D eigenvalue weighted by molar-refractivity contribution is 6.36. The van der Waals surface area contributed by atoms with Crippen LogP contribution in [0.15, 0.2) is 65.5 Å².